The summed E-state index contributed by atoms with van der Waals surface area (Å²) in [6, 6.07) is 7.62. The lowest BCUT2D eigenvalue weighted by Crippen LogP contribution is -2.54. The largest absolute Gasteiger partial charge is 0.497 e. The summed E-state index contributed by atoms with van der Waals surface area (Å²) in [6.45, 7) is 7.55. The first kappa shape index (κ1) is 20.3. The average Bonchev–Trinajstić information content (AvgIpc) is 3.04. The van der Waals surface area contributed by atoms with Crippen molar-refractivity contribution in [3.05, 3.63) is 29.8 Å². The summed E-state index contributed by atoms with van der Waals surface area (Å²) in [6.07, 6.45) is 2.54. The number of hydrogen-bond acceptors (Lipinski definition) is 4. The molecule has 0 aromatic heterocycles. The van der Waals surface area contributed by atoms with E-state index in [1.54, 1.807) is 12.0 Å². The second kappa shape index (κ2) is 7.89. The van der Waals surface area contributed by atoms with Crippen LogP contribution in [-0.2, 0) is 11.3 Å². The van der Waals surface area contributed by atoms with Crippen molar-refractivity contribution in [3.8, 4) is 5.75 Å². The standard InChI is InChI=1S/C21H31N3O4/c1-20(2,3)28-19(26)24-10-9-21(14-24)11-16(12-21)23-18(25)22-13-15-5-7-17(27-4)8-6-15/h5-8,16H,9-14H2,1-4H3,(H2,22,23,25). The molecule has 1 heterocycles. The molecule has 0 radical (unpaired) electrons. The third kappa shape index (κ3) is 5.09. The molecule has 2 aliphatic rings. The minimum Gasteiger partial charge on any atom is -0.497 e. The van der Waals surface area contributed by atoms with Gasteiger partial charge in [0.15, 0.2) is 0 Å². The van der Waals surface area contributed by atoms with Crippen LogP contribution in [0.5, 0.6) is 5.75 Å². The summed E-state index contributed by atoms with van der Waals surface area (Å²) in [4.78, 5) is 26.2. The first-order chi connectivity index (χ1) is 13.2. The predicted octanol–water partition coefficient (Wildman–Crippen LogP) is 3.28. The van der Waals surface area contributed by atoms with E-state index in [-0.39, 0.29) is 23.6 Å². The normalized spacial score (nSPS) is 23.9. The van der Waals surface area contributed by atoms with Crippen molar-refractivity contribution in [1.29, 1.82) is 0 Å². The van der Waals surface area contributed by atoms with E-state index in [1.807, 2.05) is 45.0 Å². The Morgan fingerprint density at radius 1 is 1.21 bits per heavy atom. The van der Waals surface area contributed by atoms with Crippen LogP contribution in [0.2, 0.25) is 0 Å². The molecule has 1 aromatic rings. The summed E-state index contributed by atoms with van der Waals surface area (Å²) >= 11 is 0. The highest BCUT2D eigenvalue weighted by atomic mass is 16.6. The van der Waals surface area contributed by atoms with Crippen LogP contribution in [0.4, 0.5) is 9.59 Å². The topological polar surface area (TPSA) is 79.9 Å². The fourth-order valence-electron chi connectivity index (χ4n) is 4.00. The third-order valence-electron chi connectivity index (χ3n) is 5.40. The lowest BCUT2D eigenvalue weighted by atomic mass is 9.65. The van der Waals surface area contributed by atoms with Crippen LogP contribution in [0.25, 0.3) is 0 Å². The summed E-state index contributed by atoms with van der Waals surface area (Å²) in [5.41, 5.74) is 0.674. The molecule has 0 unspecified atom stereocenters. The van der Waals surface area contributed by atoms with Crippen molar-refractivity contribution in [1.82, 2.24) is 15.5 Å². The Bertz CT molecular complexity index is 705. The molecule has 1 saturated carbocycles. The van der Waals surface area contributed by atoms with Crippen LogP contribution in [0.15, 0.2) is 24.3 Å². The van der Waals surface area contributed by atoms with E-state index in [1.165, 1.54) is 0 Å². The summed E-state index contributed by atoms with van der Waals surface area (Å²) in [5, 5.41) is 5.93. The summed E-state index contributed by atoms with van der Waals surface area (Å²) in [7, 11) is 1.63. The van der Waals surface area contributed by atoms with Gasteiger partial charge < -0.3 is 25.0 Å². The number of carbonyl (C=O) groups is 2. The maximum Gasteiger partial charge on any atom is 0.410 e. The molecule has 1 aliphatic carbocycles. The van der Waals surface area contributed by atoms with Crippen LogP contribution in [0, 0.1) is 5.41 Å². The van der Waals surface area contributed by atoms with Crippen molar-refractivity contribution in [2.45, 2.75) is 58.2 Å². The Morgan fingerprint density at radius 2 is 1.89 bits per heavy atom. The third-order valence-corrected chi connectivity index (χ3v) is 5.40. The van der Waals surface area contributed by atoms with Gasteiger partial charge in [-0.3, -0.25) is 0 Å². The fraction of sp³-hybridized carbons (Fsp3) is 0.619. The first-order valence-electron chi connectivity index (χ1n) is 9.83. The Kier molecular flexibility index (Phi) is 5.72. The van der Waals surface area contributed by atoms with Gasteiger partial charge >= 0.3 is 12.1 Å². The molecule has 3 rings (SSSR count). The van der Waals surface area contributed by atoms with E-state index in [9.17, 15) is 9.59 Å². The van der Waals surface area contributed by atoms with Crippen molar-refractivity contribution in [2.24, 2.45) is 5.41 Å². The molecular formula is C21H31N3O4. The molecule has 7 heteroatoms. The molecule has 3 amide bonds. The Hall–Kier alpha value is -2.44. The smallest absolute Gasteiger partial charge is 0.410 e. The van der Waals surface area contributed by atoms with E-state index < -0.39 is 5.60 Å². The van der Waals surface area contributed by atoms with E-state index in [2.05, 4.69) is 10.6 Å². The fourth-order valence-corrected chi connectivity index (χ4v) is 4.00. The second-order valence-electron chi connectivity index (χ2n) is 8.93. The molecule has 2 N–H and O–H groups in total. The quantitative estimate of drug-likeness (QED) is 0.828. The summed E-state index contributed by atoms with van der Waals surface area (Å²) in [5.74, 6) is 0.796. The number of urea groups is 1. The lowest BCUT2D eigenvalue weighted by molar-refractivity contribution is 0.0222. The van der Waals surface area contributed by atoms with Crippen molar-refractivity contribution in [2.75, 3.05) is 20.2 Å². The number of rotatable bonds is 4. The molecule has 0 atom stereocenters. The van der Waals surface area contributed by atoms with Gasteiger partial charge in [0.25, 0.3) is 0 Å². The zero-order valence-corrected chi connectivity index (χ0v) is 17.2. The number of nitrogens with zero attached hydrogens (tertiary/aromatic N) is 1. The van der Waals surface area contributed by atoms with Gasteiger partial charge in [-0.2, -0.15) is 0 Å². The Balaban J connectivity index is 1.38. The monoisotopic (exact) mass is 389 g/mol. The van der Waals surface area contributed by atoms with Gasteiger partial charge in [-0.05, 0) is 63.1 Å². The molecular weight excluding hydrogens is 358 g/mol. The van der Waals surface area contributed by atoms with Crippen LogP contribution in [0.1, 0.15) is 45.6 Å². The van der Waals surface area contributed by atoms with Gasteiger partial charge in [0.05, 0.1) is 7.11 Å². The van der Waals surface area contributed by atoms with Gasteiger partial charge in [0.1, 0.15) is 11.4 Å². The van der Waals surface area contributed by atoms with Crippen molar-refractivity contribution >= 4 is 12.1 Å². The molecule has 1 spiro atoms. The maximum atomic E-state index is 12.2. The van der Waals surface area contributed by atoms with Crippen LogP contribution in [-0.4, -0.2) is 48.9 Å². The molecule has 1 saturated heterocycles. The average molecular weight is 389 g/mol. The molecule has 154 valence electrons. The SMILES string of the molecule is COc1ccc(CNC(=O)NC2CC3(CCN(C(=O)OC(C)(C)C)C3)C2)cc1. The number of amides is 3. The maximum absolute atomic E-state index is 12.2. The highest BCUT2D eigenvalue weighted by molar-refractivity contribution is 5.74. The highest BCUT2D eigenvalue weighted by Crippen LogP contribution is 2.48. The van der Waals surface area contributed by atoms with E-state index >= 15 is 0 Å². The van der Waals surface area contributed by atoms with E-state index in [0.717, 1.165) is 37.1 Å². The summed E-state index contributed by atoms with van der Waals surface area (Å²) < 4.78 is 10.6. The number of carbonyl (C=O) groups excluding carboxylic acids is 2. The Labute approximate surface area is 166 Å². The van der Waals surface area contributed by atoms with E-state index in [4.69, 9.17) is 9.47 Å². The minimum absolute atomic E-state index is 0.130. The van der Waals surface area contributed by atoms with Gasteiger partial charge in [-0.25, -0.2) is 9.59 Å². The number of likely N-dealkylation sites (tertiary alicyclic amines) is 1. The first-order valence-corrected chi connectivity index (χ1v) is 9.83. The predicted molar refractivity (Wildman–Crippen MR) is 106 cm³/mol. The molecule has 7 nitrogen and oxygen atoms in total. The molecule has 1 aliphatic heterocycles. The van der Waals surface area contributed by atoms with Gasteiger partial charge in [-0.1, -0.05) is 12.1 Å². The number of benzene rings is 1. The van der Waals surface area contributed by atoms with Crippen LogP contribution >= 0.6 is 0 Å². The lowest BCUT2D eigenvalue weighted by Gasteiger charge is -2.45. The number of ether oxygens (including phenoxy) is 2. The minimum atomic E-state index is -0.474. The Morgan fingerprint density at radius 3 is 2.50 bits per heavy atom. The number of hydrogen-bond donors (Lipinski definition) is 2. The molecule has 1 aromatic carbocycles. The van der Waals surface area contributed by atoms with Gasteiger partial charge in [-0.15, -0.1) is 0 Å². The molecule has 2 fully saturated rings. The molecule has 28 heavy (non-hydrogen) atoms. The van der Waals surface area contributed by atoms with Crippen molar-refractivity contribution < 1.29 is 19.1 Å². The number of nitrogens with one attached hydrogen (secondary N) is 2. The van der Waals surface area contributed by atoms with Gasteiger partial charge in [0, 0.05) is 25.7 Å². The van der Waals surface area contributed by atoms with Crippen molar-refractivity contribution in [3.63, 3.8) is 0 Å². The zero-order valence-electron chi connectivity index (χ0n) is 17.2. The number of methoxy groups -OCH3 is 1. The zero-order chi connectivity index (χ0) is 20.4. The van der Waals surface area contributed by atoms with Gasteiger partial charge in [0.2, 0.25) is 0 Å². The highest BCUT2D eigenvalue weighted by Gasteiger charge is 2.50. The van der Waals surface area contributed by atoms with E-state index in [0.29, 0.717) is 13.1 Å². The van der Waals surface area contributed by atoms with Crippen LogP contribution < -0.4 is 15.4 Å². The van der Waals surface area contributed by atoms with Crippen LogP contribution in [0.3, 0.4) is 0 Å². The molecule has 0 bridgehead atoms. The second-order valence-corrected chi connectivity index (χ2v) is 8.93.